The van der Waals surface area contributed by atoms with Crippen LogP contribution >= 0.6 is 0 Å². The zero-order chi connectivity index (χ0) is 8.84. The molecule has 3 rings (SSSR count). The van der Waals surface area contributed by atoms with Crippen molar-refractivity contribution in [1.82, 2.24) is 14.4 Å². The highest BCUT2D eigenvalue weighted by molar-refractivity contribution is 5.59. The van der Waals surface area contributed by atoms with Gasteiger partial charge < -0.3 is 10.1 Å². The quantitative estimate of drug-likeness (QED) is 0.706. The van der Waals surface area contributed by atoms with Crippen LogP contribution in [0.15, 0.2) is 18.6 Å². The zero-order valence-electron chi connectivity index (χ0n) is 7.14. The summed E-state index contributed by atoms with van der Waals surface area (Å²) in [5, 5.41) is 0. The van der Waals surface area contributed by atoms with Crippen molar-refractivity contribution in [2.75, 3.05) is 5.73 Å². The first-order chi connectivity index (χ1) is 6.34. The van der Waals surface area contributed by atoms with Crippen LogP contribution in [0, 0.1) is 0 Å². The number of nitrogens with two attached hydrogens (primary N) is 1. The van der Waals surface area contributed by atoms with Crippen LogP contribution < -0.4 is 5.73 Å². The summed E-state index contributed by atoms with van der Waals surface area (Å²) >= 11 is 0. The van der Waals surface area contributed by atoms with Gasteiger partial charge in [-0.15, -0.1) is 0 Å². The molecule has 0 aliphatic heterocycles. The Morgan fingerprint density at radius 3 is 3.00 bits per heavy atom. The summed E-state index contributed by atoms with van der Waals surface area (Å²) in [6.07, 6.45) is 8.14. The van der Waals surface area contributed by atoms with Gasteiger partial charge in [-0.2, -0.15) is 0 Å². The number of imidazole rings is 1. The first kappa shape index (κ1) is 6.88. The van der Waals surface area contributed by atoms with Gasteiger partial charge in [0.2, 0.25) is 0 Å². The Bertz CT molecular complexity index is 456. The second-order valence-electron chi connectivity index (χ2n) is 3.48. The van der Waals surface area contributed by atoms with E-state index >= 15 is 0 Å². The van der Waals surface area contributed by atoms with Crippen LogP contribution in [0.5, 0.6) is 0 Å². The minimum atomic E-state index is 0.509. The fourth-order valence-electron chi connectivity index (χ4n) is 1.53. The predicted molar refractivity (Wildman–Crippen MR) is 49.4 cm³/mol. The largest absolute Gasteiger partial charge is 0.381 e. The lowest BCUT2D eigenvalue weighted by atomic mass is 10.3. The SMILES string of the molecule is Nc1nccn2cc(C3CC3)nc12. The van der Waals surface area contributed by atoms with Crippen molar-refractivity contribution in [3.63, 3.8) is 0 Å². The maximum absolute atomic E-state index is 5.70. The lowest BCUT2D eigenvalue weighted by molar-refractivity contribution is 1.06. The van der Waals surface area contributed by atoms with Crippen LogP contribution in [0.4, 0.5) is 5.82 Å². The van der Waals surface area contributed by atoms with E-state index in [2.05, 4.69) is 9.97 Å². The Kier molecular flexibility index (Phi) is 1.17. The summed E-state index contributed by atoms with van der Waals surface area (Å²) in [6.45, 7) is 0. The molecule has 1 aliphatic rings. The summed E-state index contributed by atoms with van der Waals surface area (Å²) in [4.78, 5) is 8.44. The molecule has 1 saturated carbocycles. The first-order valence-corrected chi connectivity index (χ1v) is 4.43. The van der Waals surface area contributed by atoms with Crippen molar-refractivity contribution in [1.29, 1.82) is 0 Å². The second kappa shape index (κ2) is 2.22. The molecule has 0 radical (unpaired) electrons. The lowest BCUT2D eigenvalue weighted by Crippen LogP contribution is -1.94. The van der Waals surface area contributed by atoms with Crippen molar-refractivity contribution in [3.8, 4) is 0 Å². The highest BCUT2D eigenvalue weighted by Crippen LogP contribution is 2.39. The third-order valence-electron chi connectivity index (χ3n) is 2.42. The first-order valence-electron chi connectivity index (χ1n) is 4.43. The maximum atomic E-state index is 5.70. The van der Waals surface area contributed by atoms with Gasteiger partial charge in [0.05, 0.1) is 5.69 Å². The van der Waals surface area contributed by atoms with Crippen molar-refractivity contribution < 1.29 is 0 Å². The average molecular weight is 174 g/mol. The number of rotatable bonds is 1. The molecule has 1 fully saturated rings. The Labute approximate surface area is 75.4 Å². The second-order valence-corrected chi connectivity index (χ2v) is 3.48. The minimum absolute atomic E-state index is 0.509. The molecular weight excluding hydrogens is 164 g/mol. The number of hydrogen-bond donors (Lipinski definition) is 1. The molecule has 0 saturated heterocycles. The summed E-state index contributed by atoms with van der Waals surface area (Å²) in [5.74, 6) is 1.17. The zero-order valence-corrected chi connectivity index (χ0v) is 7.14. The molecule has 13 heavy (non-hydrogen) atoms. The monoisotopic (exact) mass is 174 g/mol. The van der Waals surface area contributed by atoms with E-state index < -0.39 is 0 Å². The average Bonchev–Trinajstić information content (AvgIpc) is 2.87. The van der Waals surface area contributed by atoms with E-state index in [1.54, 1.807) is 6.20 Å². The number of nitrogen functional groups attached to an aromatic ring is 1. The molecule has 1 aliphatic carbocycles. The van der Waals surface area contributed by atoms with Crippen LogP contribution in [0.1, 0.15) is 24.5 Å². The van der Waals surface area contributed by atoms with E-state index in [0.29, 0.717) is 11.7 Å². The van der Waals surface area contributed by atoms with E-state index in [4.69, 9.17) is 5.73 Å². The van der Waals surface area contributed by atoms with Crippen LogP contribution in [-0.2, 0) is 0 Å². The van der Waals surface area contributed by atoms with Gasteiger partial charge in [-0.25, -0.2) is 9.97 Å². The van der Waals surface area contributed by atoms with E-state index in [1.165, 1.54) is 12.8 Å². The molecule has 0 atom stereocenters. The van der Waals surface area contributed by atoms with Gasteiger partial charge in [-0.1, -0.05) is 0 Å². The van der Waals surface area contributed by atoms with Crippen LogP contribution in [0.3, 0.4) is 0 Å². The molecule has 2 aromatic rings. The number of aromatic nitrogens is 3. The Morgan fingerprint density at radius 2 is 2.31 bits per heavy atom. The number of fused-ring (bicyclic) bond motifs is 1. The normalized spacial score (nSPS) is 16.6. The molecule has 0 unspecified atom stereocenters. The predicted octanol–water partition coefficient (Wildman–Crippen LogP) is 1.19. The topological polar surface area (TPSA) is 56.2 Å². The summed E-state index contributed by atoms with van der Waals surface area (Å²) in [7, 11) is 0. The third-order valence-corrected chi connectivity index (χ3v) is 2.42. The van der Waals surface area contributed by atoms with Gasteiger partial charge >= 0.3 is 0 Å². The molecule has 4 heteroatoms. The Balaban J connectivity index is 2.26. The Hall–Kier alpha value is -1.58. The third kappa shape index (κ3) is 0.983. The summed E-state index contributed by atoms with van der Waals surface area (Å²) in [5.41, 5.74) is 7.63. The lowest BCUT2D eigenvalue weighted by Gasteiger charge is -1.93. The molecule has 2 N–H and O–H groups in total. The maximum Gasteiger partial charge on any atom is 0.180 e. The van der Waals surface area contributed by atoms with Crippen molar-refractivity contribution in [2.45, 2.75) is 18.8 Å². The van der Waals surface area contributed by atoms with Crippen LogP contribution in [0.25, 0.3) is 5.65 Å². The molecule has 0 aromatic carbocycles. The molecule has 0 bridgehead atoms. The summed E-state index contributed by atoms with van der Waals surface area (Å²) in [6, 6.07) is 0. The Morgan fingerprint density at radius 1 is 1.46 bits per heavy atom. The van der Waals surface area contributed by atoms with Gasteiger partial charge in [0.1, 0.15) is 0 Å². The van der Waals surface area contributed by atoms with Crippen LogP contribution in [0.2, 0.25) is 0 Å². The van der Waals surface area contributed by atoms with Gasteiger partial charge in [-0.3, -0.25) is 0 Å². The highest BCUT2D eigenvalue weighted by Gasteiger charge is 2.26. The van der Waals surface area contributed by atoms with Crippen molar-refractivity contribution >= 4 is 11.5 Å². The smallest absolute Gasteiger partial charge is 0.180 e. The van der Waals surface area contributed by atoms with E-state index in [0.717, 1.165) is 11.3 Å². The van der Waals surface area contributed by atoms with Gasteiger partial charge in [0.25, 0.3) is 0 Å². The fraction of sp³-hybridized carbons (Fsp3) is 0.333. The molecule has 0 amide bonds. The molecule has 66 valence electrons. The fourth-order valence-corrected chi connectivity index (χ4v) is 1.53. The standard InChI is InChI=1S/C9H10N4/c10-8-9-12-7(6-1-2-6)5-13(9)4-3-11-8/h3-6H,1-2H2,(H2,10,11). The van der Waals surface area contributed by atoms with E-state index in [1.807, 2.05) is 16.8 Å². The van der Waals surface area contributed by atoms with Gasteiger partial charge in [0.15, 0.2) is 11.5 Å². The summed E-state index contributed by atoms with van der Waals surface area (Å²) < 4.78 is 1.94. The van der Waals surface area contributed by atoms with Crippen molar-refractivity contribution in [3.05, 3.63) is 24.3 Å². The number of hydrogen-bond acceptors (Lipinski definition) is 3. The molecule has 2 heterocycles. The van der Waals surface area contributed by atoms with E-state index in [-0.39, 0.29) is 0 Å². The molecule has 4 nitrogen and oxygen atoms in total. The molecular formula is C9H10N4. The number of nitrogens with zero attached hydrogens (tertiary/aromatic N) is 3. The van der Waals surface area contributed by atoms with Crippen LogP contribution in [-0.4, -0.2) is 14.4 Å². The highest BCUT2D eigenvalue weighted by atomic mass is 15.1. The molecule has 0 spiro atoms. The van der Waals surface area contributed by atoms with Crippen molar-refractivity contribution in [2.24, 2.45) is 0 Å². The number of anilines is 1. The van der Waals surface area contributed by atoms with Gasteiger partial charge in [0, 0.05) is 24.5 Å². The molecule has 2 aromatic heterocycles. The minimum Gasteiger partial charge on any atom is -0.381 e. The van der Waals surface area contributed by atoms with E-state index in [9.17, 15) is 0 Å². The van der Waals surface area contributed by atoms with Gasteiger partial charge in [-0.05, 0) is 12.8 Å².